The third-order valence-electron chi connectivity index (χ3n) is 2.37. The van der Waals surface area contributed by atoms with Crippen molar-refractivity contribution in [2.75, 3.05) is 0 Å². The molecule has 0 aliphatic carbocycles. The van der Waals surface area contributed by atoms with Crippen molar-refractivity contribution in [1.29, 1.82) is 0 Å². The Morgan fingerprint density at radius 2 is 2.21 bits per heavy atom. The molecule has 14 heavy (non-hydrogen) atoms. The van der Waals surface area contributed by atoms with E-state index in [1.807, 2.05) is 30.4 Å². The van der Waals surface area contributed by atoms with E-state index in [0.29, 0.717) is 0 Å². The molecule has 0 bridgehead atoms. The van der Waals surface area contributed by atoms with E-state index in [-0.39, 0.29) is 12.2 Å². The molecule has 0 amide bonds. The van der Waals surface area contributed by atoms with Crippen LogP contribution in [0.15, 0.2) is 41.5 Å². The molecular weight excluding hydrogens is 176 g/mol. The minimum atomic E-state index is 0.211. The van der Waals surface area contributed by atoms with Crippen molar-refractivity contribution in [3.8, 4) is 0 Å². The molecule has 2 heteroatoms. The van der Waals surface area contributed by atoms with Gasteiger partial charge < -0.3 is 9.15 Å². The third kappa shape index (κ3) is 2.15. The summed E-state index contributed by atoms with van der Waals surface area (Å²) in [4.78, 5) is 0. The van der Waals surface area contributed by atoms with Gasteiger partial charge in [0.1, 0.15) is 5.76 Å². The summed E-state index contributed by atoms with van der Waals surface area (Å²) in [6.45, 7) is 3.72. The molecule has 0 radical (unpaired) electrons. The summed E-state index contributed by atoms with van der Waals surface area (Å²) in [5.74, 6) is 0.871. The maximum atomic E-state index is 5.66. The van der Waals surface area contributed by atoms with Crippen LogP contribution in [0.1, 0.15) is 18.6 Å². The lowest BCUT2D eigenvalue weighted by molar-refractivity contribution is 0.101. The Morgan fingerprint density at radius 1 is 1.36 bits per heavy atom. The Hall–Kier alpha value is -1.28. The maximum Gasteiger partial charge on any atom is 0.126 e. The number of hydrogen-bond donors (Lipinski definition) is 0. The van der Waals surface area contributed by atoms with Crippen LogP contribution in [0.5, 0.6) is 0 Å². The summed E-state index contributed by atoms with van der Waals surface area (Å²) in [6, 6.07) is 3.80. The second-order valence-corrected chi connectivity index (χ2v) is 3.40. The summed E-state index contributed by atoms with van der Waals surface area (Å²) >= 11 is 0. The Kier molecular flexibility index (Phi) is 2.84. The fraction of sp³-hybridized carbons (Fsp3) is 0.333. The van der Waals surface area contributed by atoms with Gasteiger partial charge in [0.05, 0.1) is 18.5 Å². The molecule has 0 aromatic carbocycles. The van der Waals surface area contributed by atoms with Crippen LogP contribution in [0.2, 0.25) is 0 Å². The molecule has 0 saturated carbocycles. The van der Waals surface area contributed by atoms with Gasteiger partial charge in [0, 0.05) is 0 Å². The highest BCUT2D eigenvalue weighted by atomic mass is 16.5. The van der Waals surface area contributed by atoms with Crippen LogP contribution in [0.4, 0.5) is 0 Å². The molecule has 2 rings (SSSR count). The van der Waals surface area contributed by atoms with Crippen LogP contribution in [0, 0.1) is 0 Å². The van der Waals surface area contributed by atoms with Crippen molar-refractivity contribution in [3.05, 3.63) is 42.9 Å². The molecule has 1 fully saturated rings. The first kappa shape index (κ1) is 9.28. The summed E-state index contributed by atoms with van der Waals surface area (Å²) in [6.07, 6.45) is 10.1. The van der Waals surface area contributed by atoms with E-state index >= 15 is 0 Å². The van der Waals surface area contributed by atoms with Gasteiger partial charge in [-0.1, -0.05) is 12.2 Å². The predicted molar refractivity (Wildman–Crippen MR) is 55.8 cm³/mol. The van der Waals surface area contributed by atoms with Crippen LogP contribution in [0.3, 0.4) is 0 Å². The average Bonchev–Trinajstić information content (AvgIpc) is 2.86. The molecule has 2 nitrogen and oxygen atoms in total. The number of furan rings is 1. The highest BCUT2D eigenvalue weighted by molar-refractivity contribution is 5.42. The summed E-state index contributed by atoms with van der Waals surface area (Å²) in [7, 11) is 0. The summed E-state index contributed by atoms with van der Waals surface area (Å²) < 4.78 is 10.8. The molecule has 1 aliphatic rings. The highest BCUT2D eigenvalue weighted by Crippen LogP contribution is 2.21. The fourth-order valence-corrected chi connectivity index (χ4v) is 1.59. The van der Waals surface area contributed by atoms with Crippen molar-refractivity contribution < 1.29 is 9.15 Å². The average molecular weight is 190 g/mol. The molecule has 1 aromatic heterocycles. The standard InChI is InChI=1S/C12H14O2/c1-2-10-5-7-12(14-10)8-6-11-4-3-9-13-11/h2-4,6,8-10,12H,1,5,7H2/b8-6+/t10-,12-/m1/s1. The first-order chi connectivity index (χ1) is 6.88. The number of hydrogen-bond acceptors (Lipinski definition) is 2. The molecule has 0 N–H and O–H groups in total. The van der Waals surface area contributed by atoms with Gasteiger partial charge >= 0.3 is 0 Å². The predicted octanol–water partition coefficient (Wildman–Crippen LogP) is 3.03. The Morgan fingerprint density at radius 3 is 2.86 bits per heavy atom. The van der Waals surface area contributed by atoms with Crippen LogP contribution >= 0.6 is 0 Å². The van der Waals surface area contributed by atoms with Gasteiger partial charge in [-0.05, 0) is 31.1 Å². The zero-order chi connectivity index (χ0) is 9.80. The van der Waals surface area contributed by atoms with Gasteiger partial charge in [0.2, 0.25) is 0 Å². The van der Waals surface area contributed by atoms with Crippen LogP contribution < -0.4 is 0 Å². The van der Waals surface area contributed by atoms with E-state index in [4.69, 9.17) is 9.15 Å². The van der Waals surface area contributed by atoms with Gasteiger partial charge in [-0.3, -0.25) is 0 Å². The Bertz CT molecular complexity index is 311. The molecule has 1 saturated heterocycles. The lowest BCUT2D eigenvalue weighted by atomic mass is 10.2. The molecule has 2 heterocycles. The number of rotatable bonds is 3. The van der Waals surface area contributed by atoms with E-state index in [1.54, 1.807) is 6.26 Å². The van der Waals surface area contributed by atoms with Gasteiger partial charge in [0.25, 0.3) is 0 Å². The zero-order valence-electron chi connectivity index (χ0n) is 8.06. The molecule has 0 spiro atoms. The van der Waals surface area contributed by atoms with Crippen molar-refractivity contribution in [2.24, 2.45) is 0 Å². The summed E-state index contributed by atoms with van der Waals surface area (Å²) in [5.41, 5.74) is 0. The van der Waals surface area contributed by atoms with E-state index in [0.717, 1.165) is 18.6 Å². The lowest BCUT2D eigenvalue weighted by Crippen LogP contribution is -2.05. The number of ether oxygens (including phenoxy) is 1. The topological polar surface area (TPSA) is 22.4 Å². The molecule has 74 valence electrons. The SMILES string of the molecule is C=C[C@@H]1CC[C@H](/C=C/c2ccco2)O1. The van der Waals surface area contributed by atoms with Gasteiger partial charge in [-0.15, -0.1) is 6.58 Å². The first-order valence-corrected chi connectivity index (χ1v) is 4.88. The van der Waals surface area contributed by atoms with Crippen molar-refractivity contribution in [2.45, 2.75) is 25.0 Å². The van der Waals surface area contributed by atoms with E-state index in [9.17, 15) is 0 Å². The Balaban J connectivity index is 1.90. The highest BCUT2D eigenvalue weighted by Gasteiger charge is 2.20. The normalized spacial score (nSPS) is 27.1. The molecular formula is C12H14O2. The molecule has 0 unspecified atom stereocenters. The molecule has 1 aromatic rings. The van der Waals surface area contributed by atoms with Gasteiger partial charge in [-0.2, -0.15) is 0 Å². The Labute approximate surface area is 83.9 Å². The van der Waals surface area contributed by atoms with Crippen molar-refractivity contribution in [3.63, 3.8) is 0 Å². The minimum absolute atomic E-state index is 0.211. The van der Waals surface area contributed by atoms with Crippen LogP contribution in [0.25, 0.3) is 6.08 Å². The smallest absolute Gasteiger partial charge is 0.126 e. The van der Waals surface area contributed by atoms with E-state index in [2.05, 4.69) is 6.58 Å². The third-order valence-corrected chi connectivity index (χ3v) is 2.37. The second kappa shape index (κ2) is 4.29. The van der Waals surface area contributed by atoms with Crippen molar-refractivity contribution >= 4 is 6.08 Å². The summed E-state index contributed by atoms with van der Waals surface area (Å²) in [5, 5.41) is 0. The van der Waals surface area contributed by atoms with Crippen LogP contribution in [-0.2, 0) is 4.74 Å². The lowest BCUT2D eigenvalue weighted by Gasteiger charge is -2.05. The van der Waals surface area contributed by atoms with E-state index in [1.165, 1.54) is 0 Å². The fourth-order valence-electron chi connectivity index (χ4n) is 1.59. The van der Waals surface area contributed by atoms with Gasteiger partial charge in [0.15, 0.2) is 0 Å². The quantitative estimate of drug-likeness (QED) is 0.683. The largest absolute Gasteiger partial charge is 0.465 e. The zero-order valence-corrected chi connectivity index (χ0v) is 8.06. The monoisotopic (exact) mass is 190 g/mol. The van der Waals surface area contributed by atoms with Gasteiger partial charge in [-0.25, -0.2) is 0 Å². The van der Waals surface area contributed by atoms with Crippen molar-refractivity contribution in [1.82, 2.24) is 0 Å². The van der Waals surface area contributed by atoms with Crippen LogP contribution in [-0.4, -0.2) is 12.2 Å². The van der Waals surface area contributed by atoms with E-state index < -0.39 is 0 Å². The second-order valence-electron chi connectivity index (χ2n) is 3.40. The molecule has 2 atom stereocenters. The minimum Gasteiger partial charge on any atom is -0.465 e. The molecule has 1 aliphatic heterocycles. The first-order valence-electron chi connectivity index (χ1n) is 4.88. The maximum absolute atomic E-state index is 5.66.